The summed E-state index contributed by atoms with van der Waals surface area (Å²) >= 11 is 5.56. The number of halogens is 4. The minimum absolute atomic E-state index is 0.0192. The van der Waals surface area contributed by atoms with Gasteiger partial charge in [0.1, 0.15) is 18.3 Å². The second kappa shape index (κ2) is 7.56. The van der Waals surface area contributed by atoms with Crippen LogP contribution in [0.4, 0.5) is 13.2 Å². The average Bonchev–Trinajstić information content (AvgIpc) is 2.35. The van der Waals surface area contributed by atoms with Gasteiger partial charge in [-0.1, -0.05) is 16.8 Å². The van der Waals surface area contributed by atoms with Gasteiger partial charge in [0.25, 0.3) is 0 Å². The molecule has 0 N–H and O–H groups in total. The molecular formula is C12H14ClF3N2O3. The van der Waals surface area contributed by atoms with Gasteiger partial charge in [0, 0.05) is 0 Å². The Kier molecular flexibility index (Phi) is 6.35. The van der Waals surface area contributed by atoms with Gasteiger partial charge in [-0.2, -0.15) is 18.1 Å². The SMILES string of the molecule is CC(C)OCCOc1nc(Cl)cc(C(F)(F)F)c1CN=O. The van der Waals surface area contributed by atoms with E-state index < -0.39 is 23.8 Å². The van der Waals surface area contributed by atoms with Crippen molar-refractivity contribution < 1.29 is 22.6 Å². The first-order valence-corrected chi connectivity index (χ1v) is 6.43. The molecule has 0 fully saturated rings. The molecule has 0 radical (unpaired) electrons. The van der Waals surface area contributed by atoms with Gasteiger partial charge < -0.3 is 9.47 Å². The lowest BCUT2D eigenvalue weighted by Gasteiger charge is -2.15. The fraction of sp³-hybridized carbons (Fsp3) is 0.583. The van der Waals surface area contributed by atoms with Gasteiger partial charge in [-0.25, -0.2) is 4.98 Å². The Labute approximate surface area is 124 Å². The Morgan fingerprint density at radius 3 is 2.57 bits per heavy atom. The number of alkyl halides is 3. The van der Waals surface area contributed by atoms with E-state index in [0.29, 0.717) is 6.07 Å². The largest absolute Gasteiger partial charge is 0.475 e. The maximum atomic E-state index is 12.9. The van der Waals surface area contributed by atoms with Crippen LogP contribution in [0.5, 0.6) is 5.88 Å². The van der Waals surface area contributed by atoms with E-state index in [-0.39, 0.29) is 30.4 Å². The molecule has 1 aromatic heterocycles. The van der Waals surface area contributed by atoms with Crippen molar-refractivity contribution in [3.05, 3.63) is 27.3 Å². The van der Waals surface area contributed by atoms with E-state index >= 15 is 0 Å². The topological polar surface area (TPSA) is 60.8 Å². The fourth-order valence-corrected chi connectivity index (χ4v) is 1.72. The molecule has 0 unspecified atom stereocenters. The van der Waals surface area contributed by atoms with Crippen molar-refractivity contribution in [3.8, 4) is 5.88 Å². The number of aromatic nitrogens is 1. The molecule has 1 aromatic rings. The molecule has 0 amide bonds. The molecule has 1 rings (SSSR count). The predicted molar refractivity (Wildman–Crippen MR) is 70.3 cm³/mol. The zero-order valence-corrected chi connectivity index (χ0v) is 12.2. The van der Waals surface area contributed by atoms with E-state index in [4.69, 9.17) is 21.1 Å². The van der Waals surface area contributed by atoms with Crippen LogP contribution >= 0.6 is 11.6 Å². The second-order valence-electron chi connectivity index (χ2n) is 4.33. The molecule has 0 atom stereocenters. The van der Waals surface area contributed by atoms with Crippen molar-refractivity contribution in [2.75, 3.05) is 13.2 Å². The lowest BCUT2D eigenvalue weighted by atomic mass is 10.1. The van der Waals surface area contributed by atoms with Gasteiger partial charge in [-0.05, 0) is 19.9 Å². The number of rotatable bonds is 7. The molecule has 118 valence electrons. The molecule has 0 aliphatic carbocycles. The highest BCUT2D eigenvalue weighted by Gasteiger charge is 2.36. The maximum absolute atomic E-state index is 12.9. The molecule has 0 saturated heterocycles. The van der Waals surface area contributed by atoms with Crippen LogP contribution in [-0.4, -0.2) is 24.3 Å². The van der Waals surface area contributed by atoms with Crippen LogP contribution in [0.25, 0.3) is 0 Å². The number of ether oxygens (including phenoxy) is 2. The summed E-state index contributed by atoms with van der Waals surface area (Å²) in [6.45, 7) is 3.05. The maximum Gasteiger partial charge on any atom is 0.417 e. The van der Waals surface area contributed by atoms with Crippen LogP contribution in [0.1, 0.15) is 25.0 Å². The van der Waals surface area contributed by atoms with Crippen molar-refractivity contribution in [1.29, 1.82) is 0 Å². The minimum Gasteiger partial charge on any atom is -0.475 e. The molecule has 21 heavy (non-hydrogen) atoms. The predicted octanol–water partition coefficient (Wildman–Crippen LogP) is 3.82. The van der Waals surface area contributed by atoms with E-state index in [1.165, 1.54) is 0 Å². The summed E-state index contributed by atoms with van der Waals surface area (Å²) in [4.78, 5) is 14.0. The van der Waals surface area contributed by atoms with Crippen molar-refractivity contribution in [2.24, 2.45) is 5.18 Å². The molecule has 0 spiro atoms. The summed E-state index contributed by atoms with van der Waals surface area (Å²) in [5.41, 5.74) is -1.52. The molecule has 0 bridgehead atoms. The van der Waals surface area contributed by atoms with E-state index in [0.717, 1.165) is 0 Å². The summed E-state index contributed by atoms with van der Waals surface area (Å²) in [7, 11) is 0. The molecule has 0 saturated carbocycles. The van der Waals surface area contributed by atoms with Crippen LogP contribution in [0.2, 0.25) is 5.15 Å². The third-order valence-corrected chi connectivity index (χ3v) is 2.55. The first-order chi connectivity index (χ1) is 9.75. The Bertz CT molecular complexity index is 495. The van der Waals surface area contributed by atoms with Crippen molar-refractivity contribution in [3.63, 3.8) is 0 Å². The number of hydrogen-bond donors (Lipinski definition) is 0. The Hall–Kier alpha value is -1.41. The molecule has 0 aliphatic heterocycles. The fourth-order valence-electron chi connectivity index (χ4n) is 1.53. The molecule has 0 aromatic carbocycles. The second-order valence-corrected chi connectivity index (χ2v) is 4.72. The van der Waals surface area contributed by atoms with E-state index in [9.17, 15) is 18.1 Å². The van der Waals surface area contributed by atoms with Crippen molar-refractivity contribution in [1.82, 2.24) is 4.98 Å². The van der Waals surface area contributed by atoms with Gasteiger partial charge in [0.05, 0.1) is 23.8 Å². The van der Waals surface area contributed by atoms with Crippen molar-refractivity contribution in [2.45, 2.75) is 32.7 Å². The number of nitrogens with zero attached hydrogens (tertiary/aromatic N) is 2. The highest BCUT2D eigenvalue weighted by atomic mass is 35.5. The van der Waals surface area contributed by atoms with Gasteiger partial charge >= 0.3 is 6.18 Å². The highest BCUT2D eigenvalue weighted by Crippen LogP contribution is 2.37. The van der Waals surface area contributed by atoms with Gasteiger partial charge in [0.2, 0.25) is 5.88 Å². The van der Waals surface area contributed by atoms with E-state index in [1.807, 2.05) is 0 Å². The number of nitroso groups, excluding NO2 is 1. The zero-order chi connectivity index (χ0) is 16.0. The summed E-state index contributed by atoms with van der Waals surface area (Å²) < 4.78 is 49.1. The Morgan fingerprint density at radius 1 is 1.38 bits per heavy atom. The third kappa shape index (κ3) is 5.47. The molecule has 0 aliphatic rings. The zero-order valence-electron chi connectivity index (χ0n) is 11.4. The van der Waals surface area contributed by atoms with Gasteiger partial charge in [-0.15, -0.1) is 0 Å². The molecule has 9 heteroatoms. The van der Waals surface area contributed by atoms with Crippen LogP contribution in [0.15, 0.2) is 11.2 Å². The molecular weight excluding hydrogens is 313 g/mol. The van der Waals surface area contributed by atoms with E-state index in [1.54, 1.807) is 13.8 Å². The highest BCUT2D eigenvalue weighted by molar-refractivity contribution is 6.29. The number of hydrogen-bond acceptors (Lipinski definition) is 5. The van der Waals surface area contributed by atoms with Crippen LogP contribution in [0, 0.1) is 4.91 Å². The van der Waals surface area contributed by atoms with Crippen LogP contribution in [0.3, 0.4) is 0 Å². The molecule has 1 heterocycles. The van der Waals surface area contributed by atoms with Gasteiger partial charge in [0.15, 0.2) is 0 Å². The summed E-state index contributed by atoms with van der Waals surface area (Å²) in [6, 6.07) is 0.638. The normalized spacial score (nSPS) is 11.8. The van der Waals surface area contributed by atoms with Crippen LogP contribution < -0.4 is 4.74 Å². The third-order valence-electron chi connectivity index (χ3n) is 2.36. The lowest BCUT2D eigenvalue weighted by molar-refractivity contribution is -0.138. The van der Waals surface area contributed by atoms with Crippen LogP contribution in [-0.2, 0) is 17.5 Å². The Balaban J connectivity index is 3.00. The van der Waals surface area contributed by atoms with Gasteiger partial charge in [-0.3, -0.25) is 0 Å². The first kappa shape index (κ1) is 17.6. The first-order valence-electron chi connectivity index (χ1n) is 6.05. The quantitative estimate of drug-likeness (QED) is 0.434. The monoisotopic (exact) mass is 326 g/mol. The lowest BCUT2D eigenvalue weighted by Crippen LogP contribution is -2.15. The minimum atomic E-state index is -4.68. The summed E-state index contributed by atoms with van der Waals surface area (Å²) in [5, 5.41) is 2.10. The number of pyridine rings is 1. The van der Waals surface area contributed by atoms with Crippen molar-refractivity contribution >= 4 is 11.6 Å². The smallest absolute Gasteiger partial charge is 0.417 e. The van der Waals surface area contributed by atoms with E-state index in [2.05, 4.69) is 10.2 Å². The average molecular weight is 327 g/mol. The standard InChI is InChI=1S/C12H14ClF3N2O3/c1-7(2)20-3-4-21-11-8(6-17-19)9(12(14,15)16)5-10(13)18-11/h5,7H,3-4,6H2,1-2H3. The summed E-state index contributed by atoms with van der Waals surface area (Å²) in [5.74, 6) is -0.359. The molecule has 5 nitrogen and oxygen atoms in total. The Morgan fingerprint density at radius 2 is 2.05 bits per heavy atom. The summed E-state index contributed by atoms with van der Waals surface area (Å²) in [6.07, 6.45) is -4.72.